The number of anilines is 1. The molecule has 0 amide bonds. The predicted octanol–water partition coefficient (Wildman–Crippen LogP) is 2.87. The quantitative estimate of drug-likeness (QED) is 0.870. The van der Waals surface area contributed by atoms with Crippen molar-refractivity contribution in [3.05, 3.63) is 59.3 Å². The van der Waals surface area contributed by atoms with Crippen LogP contribution in [-0.4, -0.2) is 4.98 Å². The summed E-state index contributed by atoms with van der Waals surface area (Å²) >= 11 is 0. The molecule has 0 radical (unpaired) electrons. The molecule has 0 spiro atoms. The van der Waals surface area contributed by atoms with Gasteiger partial charge in [-0.3, -0.25) is 0 Å². The van der Waals surface area contributed by atoms with E-state index in [1.54, 1.807) is 6.20 Å². The molecular weight excluding hydrogens is 210 g/mol. The zero-order valence-electron chi connectivity index (χ0n) is 9.64. The Bertz CT molecular complexity index is 538. The van der Waals surface area contributed by atoms with Crippen LogP contribution in [0, 0.1) is 18.3 Å². The van der Waals surface area contributed by atoms with E-state index < -0.39 is 0 Å². The Morgan fingerprint density at radius 2 is 2.00 bits per heavy atom. The van der Waals surface area contributed by atoms with Gasteiger partial charge < -0.3 is 5.32 Å². The average Bonchev–Trinajstić information content (AvgIpc) is 2.38. The molecule has 1 aromatic carbocycles. The van der Waals surface area contributed by atoms with Crippen LogP contribution in [0.2, 0.25) is 0 Å². The molecular formula is C14H13N3. The third kappa shape index (κ3) is 2.82. The highest BCUT2D eigenvalue weighted by Crippen LogP contribution is 2.11. The Hall–Kier alpha value is -2.34. The summed E-state index contributed by atoms with van der Waals surface area (Å²) in [6.45, 7) is 2.73. The Morgan fingerprint density at radius 3 is 2.65 bits per heavy atom. The lowest BCUT2D eigenvalue weighted by Gasteiger charge is -2.07. The molecule has 2 rings (SSSR count). The van der Waals surface area contributed by atoms with Crippen LogP contribution in [0.5, 0.6) is 0 Å². The first-order valence-corrected chi connectivity index (χ1v) is 5.44. The number of benzene rings is 1. The molecule has 1 heterocycles. The summed E-state index contributed by atoms with van der Waals surface area (Å²) in [6, 6.07) is 13.6. The highest BCUT2D eigenvalue weighted by molar-refractivity contribution is 5.43. The molecule has 84 valence electrons. The Kier molecular flexibility index (Phi) is 3.37. The number of aromatic nitrogens is 1. The zero-order valence-corrected chi connectivity index (χ0v) is 9.64. The monoisotopic (exact) mass is 223 g/mol. The highest BCUT2D eigenvalue weighted by atomic mass is 15.0. The minimum absolute atomic E-state index is 0.683. The molecule has 0 aliphatic carbocycles. The van der Waals surface area contributed by atoms with Gasteiger partial charge in [0.2, 0.25) is 0 Å². The molecule has 0 atom stereocenters. The summed E-state index contributed by atoms with van der Waals surface area (Å²) in [5.41, 5.74) is 2.94. The number of nitriles is 1. The van der Waals surface area contributed by atoms with E-state index in [1.165, 1.54) is 0 Å². The van der Waals surface area contributed by atoms with Gasteiger partial charge in [-0.1, -0.05) is 18.2 Å². The van der Waals surface area contributed by atoms with Gasteiger partial charge in [0.15, 0.2) is 0 Å². The fraction of sp³-hybridized carbons (Fsp3) is 0.143. The first kappa shape index (κ1) is 11.2. The number of hydrogen-bond acceptors (Lipinski definition) is 3. The van der Waals surface area contributed by atoms with Crippen LogP contribution in [0.1, 0.15) is 16.7 Å². The van der Waals surface area contributed by atoms with Crippen LogP contribution in [0.15, 0.2) is 42.6 Å². The van der Waals surface area contributed by atoms with Crippen LogP contribution >= 0.6 is 0 Å². The first-order chi connectivity index (χ1) is 8.29. The fourth-order valence-electron chi connectivity index (χ4n) is 1.55. The number of nitrogens with one attached hydrogen (secondary N) is 1. The van der Waals surface area contributed by atoms with Crippen LogP contribution < -0.4 is 5.32 Å². The van der Waals surface area contributed by atoms with Gasteiger partial charge in [-0.2, -0.15) is 5.26 Å². The third-order valence-electron chi connectivity index (χ3n) is 2.55. The predicted molar refractivity (Wildman–Crippen MR) is 67.5 cm³/mol. The van der Waals surface area contributed by atoms with Crippen molar-refractivity contribution in [3.8, 4) is 6.07 Å². The van der Waals surface area contributed by atoms with Gasteiger partial charge in [0.25, 0.3) is 0 Å². The SMILES string of the molecule is Cc1cccnc1NCc1ccc(C#N)cc1. The fourth-order valence-corrected chi connectivity index (χ4v) is 1.55. The molecule has 0 saturated carbocycles. The molecule has 1 N–H and O–H groups in total. The summed E-state index contributed by atoms with van der Waals surface area (Å²) < 4.78 is 0. The zero-order chi connectivity index (χ0) is 12.1. The number of aryl methyl sites for hydroxylation is 1. The standard InChI is InChI=1S/C14H13N3/c1-11-3-2-8-16-14(11)17-10-13-6-4-12(9-15)5-7-13/h2-8H,10H2,1H3,(H,16,17). The Balaban J connectivity index is 2.03. The number of rotatable bonds is 3. The van der Waals surface area contributed by atoms with Crippen molar-refractivity contribution in [1.82, 2.24) is 4.98 Å². The minimum atomic E-state index is 0.683. The summed E-state index contributed by atoms with van der Waals surface area (Å²) in [5, 5.41) is 12.0. The van der Waals surface area contributed by atoms with E-state index in [2.05, 4.69) is 16.4 Å². The Labute approximate surface area is 101 Å². The smallest absolute Gasteiger partial charge is 0.129 e. The maximum absolute atomic E-state index is 8.70. The van der Waals surface area contributed by atoms with Gasteiger partial charge in [-0.15, -0.1) is 0 Å². The first-order valence-electron chi connectivity index (χ1n) is 5.44. The van der Waals surface area contributed by atoms with E-state index in [-0.39, 0.29) is 0 Å². The lowest BCUT2D eigenvalue weighted by atomic mass is 10.1. The van der Waals surface area contributed by atoms with Crippen LogP contribution in [0.3, 0.4) is 0 Å². The van der Waals surface area contributed by atoms with Crippen molar-refractivity contribution >= 4 is 5.82 Å². The third-order valence-corrected chi connectivity index (χ3v) is 2.55. The van der Waals surface area contributed by atoms with Gasteiger partial charge in [0.1, 0.15) is 5.82 Å². The second-order valence-corrected chi connectivity index (χ2v) is 3.83. The molecule has 0 aliphatic heterocycles. The molecule has 0 bridgehead atoms. The van der Waals surface area contributed by atoms with Crippen molar-refractivity contribution in [2.45, 2.75) is 13.5 Å². The highest BCUT2D eigenvalue weighted by Gasteiger charge is 1.98. The molecule has 17 heavy (non-hydrogen) atoms. The van der Waals surface area contributed by atoms with Gasteiger partial charge in [0.05, 0.1) is 11.6 Å². The van der Waals surface area contributed by atoms with Crippen LogP contribution in [0.4, 0.5) is 5.82 Å². The summed E-state index contributed by atoms with van der Waals surface area (Å²) in [7, 11) is 0. The normalized spacial score (nSPS) is 9.65. The molecule has 2 aromatic rings. The molecule has 0 saturated heterocycles. The van der Waals surface area contributed by atoms with Gasteiger partial charge in [-0.25, -0.2) is 4.98 Å². The van der Waals surface area contributed by atoms with Gasteiger partial charge in [-0.05, 0) is 36.2 Å². The second kappa shape index (κ2) is 5.13. The minimum Gasteiger partial charge on any atom is -0.366 e. The van der Waals surface area contributed by atoms with E-state index in [9.17, 15) is 0 Å². The van der Waals surface area contributed by atoms with Crippen molar-refractivity contribution in [1.29, 1.82) is 5.26 Å². The van der Waals surface area contributed by atoms with E-state index in [0.29, 0.717) is 12.1 Å². The summed E-state index contributed by atoms with van der Waals surface area (Å²) in [4.78, 5) is 4.26. The van der Waals surface area contributed by atoms with Gasteiger partial charge in [0, 0.05) is 12.7 Å². The maximum atomic E-state index is 8.70. The molecule has 1 aromatic heterocycles. The second-order valence-electron chi connectivity index (χ2n) is 3.83. The van der Waals surface area contributed by atoms with Crippen molar-refractivity contribution in [3.63, 3.8) is 0 Å². The lowest BCUT2D eigenvalue weighted by molar-refractivity contribution is 1.10. The Morgan fingerprint density at radius 1 is 1.24 bits per heavy atom. The topological polar surface area (TPSA) is 48.7 Å². The lowest BCUT2D eigenvalue weighted by Crippen LogP contribution is -2.02. The van der Waals surface area contributed by atoms with Gasteiger partial charge >= 0.3 is 0 Å². The molecule has 0 aliphatic rings. The summed E-state index contributed by atoms with van der Waals surface area (Å²) in [6.07, 6.45) is 1.77. The largest absolute Gasteiger partial charge is 0.366 e. The van der Waals surface area contributed by atoms with Crippen LogP contribution in [-0.2, 0) is 6.54 Å². The molecule has 3 heteroatoms. The van der Waals surface area contributed by atoms with E-state index >= 15 is 0 Å². The molecule has 0 fully saturated rings. The molecule has 3 nitrogen and oxygen atoms in total. The maximum Gasteiger partial charge on any atom is 0.129 e. The average molecular weight is 223 g/mol. The van der Waals surface area contributed by atoms with Crippen molar-refractivity contribution in [2.24, 2.45) is 0 Å². The van der Waals surface area contributed by atoms with E-state index in [1.807, 2.05) is 43.3 Å². The van der Waals surface area contributed by atoms with E-state index in [4.69, 9.17) is 5.26 Å². The summed E-state index contributed by atoms with van der Waals surface area (Å²) in [5.74, 6) is 0.900. The van der Waals surface area contributed by atoms with Crippen LogP contribution in [0.25, 0.3) is 0 Å². The van der Waals surface area contributed by atoms with E-state index in [0.717, 1.165) is 16.9 Å². The number of nitrogens with zero attached hydrogens (tertiary/aromatic N) is 2. The molecule has 0 unspecified atom stereocenters. The number of pyridine rings is 1. The number of hydrogen-bond donors (Lipinski definition) is 1. The van der Waals surface area contributed by atoms with Crippen molar-refractivity contribution < 1.29 is 0 Å². The van der Waals surface area contributed by atoms with Crippen molar-refractivity contribution in [2.75, 3.05) is 5.32 Å².